The lowest BCUT2D eigenvalue weighted by Gasteiger charge is -2.37. The zero-order valence-electron chi connectivity index (χ0n) is 15.6. The van der Waals surface area contributed by atoms with Crippen LogP contribution in [0.2, 0.25) is 0 Å². The molecule has 1 aromatic heterocycles. The van der Waals surface area contributed by atoms with Gasteiger partial charge < -0.3 is 9.64 Å². The minimum Gasteiger partial charge on any atom is -0.406 e. The summed E-state index contributed by atoms with van der Waals surface area (Å²) in [5.41, 5.74) is 1.65. The Morgan fingerprint density at radius 1 is 0.893 bits per heavy atom. The maximum Gasteiger partial charge on any atom is 0.573 e. The van der Waals surface area contributed by atoms with Crippen LogP contribution in [0.5, 0.6) is 5.75 Å². The first-order chi connectivity index (χ1) is 12.3. The molecule has 9 heteroatoms. The highest BCUT2D eigenvalue weighted by molar-refractivity contribution is 5.85. The number of alkyl halides is 3. The van der Waals surface area contributed by atoms with Gasteiger partial charge in [-0.25, -0.2) is 4.98 Å². The van der Waals surface area contributed by atoms with Crippen molar-refractivity contribution in [1.82, 2.24) is 9.88 Å². The Morgan fingerprint density at radius 2 is 1.46 bits per heavy atom. The summed E-state index contributed by atoms with van der Waals surface area (Å²) in [7, 11) is 0. The van der Waals surface area contributed by atoms with Crippen LogP contribution in [0.25, 0.3) is 11.1 Å². The van der Waals surface area contributed by atoms with Crippen molar-refractivity contribution in [3.05, 3.63) is 42.6 Å². The fourth-order valence-electron chi connectivity index (χ4n) is 3.06. The predicted octanol–water partition coefficient (Wildman–Crippen LogP) is 5.02. The normalized spacial score (nSPS) is 15.0. The van der Waals surface area contributed by atoms with E-state index < -0.39 is 6.36 Å². The molecule has 0 N–H and O–H groups in total. The van der Waals surface area contributed by atoms with Gasteiger partial charge in [-0.1, -0.05) is 12.1 Å². The molecule has 1 fully saturated rings. The van der Waals surface area contributed by atoms with Crippen molar-refractivity contribution in [2.45, 2.75) is 26.3 Å². The third-order valence-corrected chi connectivity index (χ3v) is 4.54. The van der Waals surface area contributed by atoms with Crippen molar-refractivity contribution in [3.8, 4) is 16.9 Å². The first kappa shape index (κ1) is 24.3. The van der Waals surface area contributed by atoms with Gasteiger partial charge in [0, 0.05) is 44.0 Å². The summed E-state index contributed by atoms with van der Waals surface area (Å²) in [6.07, 6.45) is -2.92. The summed E-state index contributed by atoms with van der Waals surface area (Å²) in [6.45, 7) is 8.31. The van der Waals surface area contributed by atoms with E-state index in [1.807, 2.05) is 12.1 Å². The SMILES string of the molecule is CC(C)N1CCN(c2ccc(-c3ccc(OC(F)(F)F)cc3)cn2)CC1.Cl.Cl. The van der Waals surface area contributed by atoms with Crippen LogP contribution < -0.4 is 9.64 Å². The number of anilines is 1. The molecule has 28 heavy (non-hydrogen) atoms. The standard InChI is InChI=1S/C19H22F3N3O.2ClH/c1-14(2)24-9-11-25(12-10-24)18-8-5-16(13-23-18)15-3-6-17(7-4-15)26-19(20,21)22;;/h3-8,13-14H,9-12H2,1-2H3;2*1H. The van der Waals surface area contributed by atoms with Crippen molar-refractivity contribution in [3.63, 3.8) is 0 Å². The van der Waals surface area contributed by atoms with Crippen molar-refractivity contribution in [1.29, 1.82) is 0 Å². The molecule has 2 heterocycles. The number of piperazine rings is 1. The summed E-state index contributed by atoms with van der Waals surface area (Å²) in [5, 5.41) is 0. The van der Waals surface area contributed by atoms with Gasteiger partial charge in [0.1, 0.15) is 11.6 Å². The van der Waals surface area contributed by atoms with Crippen molar-refractivity contribution >= 4 is 30.6 Å². The molecule has 0 radical (unpaired) electrons. The van der Waals surface area contributed by atoms with E-state index in [4.69, 9.17) is 0 Å². The fraction of sp³-hybridized carbons (Fsp3) is 0.421. The molecule has 0 atom stereocenters. The summed E-state index contributed by atoms with van der Waals surface area (Å²) < 4.78 is 40.5. The maximum atomic E-state index is 12.2. The highest BCUT2D eigenvalue weighted by atomic mass is 35.5. The molecule has 0 amide bonds. The first-order valence-electron chi connectivity index (χ1n) is 8.63. The molecule has 4 nitrogen and oxygen atoms in total. The Balaban J connectivity index is 0.00000196. The number of pyridine rings is 1. The van der Waals surface area contributed by atoms with E-state index in [0.717, 1.165) is 43.1 Å². The molecule has 1 aromatic carbocycles. The van der Waals surface area contributed by atoms with Crippen LogP contribution in [-0.2, 0) is 0 Å². The second-order valence-electron chi connectivity index (χ2n) is 6.59. The minimum absolute atomic E-state index is 0. The first-order valence-corrected chi connectivity index (χ1v) is 8.63. The van der Waals surface area contributed by atoms with Crippen molar-refractivity contribution in [2.75, 3.05) is 31.1 Å². The lowest BCUT2D eigenvalue weighted by molar-refractivity contribution is -0.274. The quantitative estimate of drug-likeness (QED) is 0.670. The van der Waals surface area contributed by atoms with Crippen LogP contribution in [0, 0.1) is 0 Å². The number of hydrogen-bond acceptors (Lipinski definition) is 4. The van der Waals surface area contributed by atoms with Gasteiger partial charge in [-0.3, -0.25) is 4.90 Å². The van der Waals surface area contributed by atoms with Gasteiger partial charge in [0.05, 0.1) is 0 Å². The van der Waals surface area contributed by atoms with E-state index in [1.165, 1.54) is 12.1 Å². The van der Waals surface area contributed by atoms with E-state index in [2.05, 4.69) is 33.4 Å². The Bertz CT molecular complexity index is 717. The molecule has 1 aliphatic heterocycles. The lowest BCUT2D eigenvalue weighted by atomic mass is 10.1. The van der Waals surface area contributed by atoms with E-state index in [0.29, 0.717) is 6.04 Å². The third-order valence-electron chi connectivity index (χ3n) is 4.54. The molecule has 0 unspecified atom stereocenters. The van der Waals surface area contributed by atoms with Crippen LogP contribution in [0.1, 0.15) is 13.8 Å². The molecular formula is C19H24Cl2F3N3O. The van der Waals surface area contributed by atoms with Gasteiger partial charge in [0.15, 0.2) is 0 Å². The lowest BCUT2D eigenvalue weighted by Crippen LogP contribution is -2.49. The summed E-state index contributed by atoms with van der Waals surface area (Å²) in [5.74, 6) is 0.697. The highest BCUT2D eigenvalue weighted by Gasteiger charge is 2.31. The predicted molar refractivity (Wildman–Crippen MR) is 110 cm³/mol. The van der Waals surface area contributed by atoms with E-state index >= 15 is 0 Å². The van der Waals surface area contributed by atoms with Gasteiger partial charge in [0.25, 0.3) is 0 Å². The molecule has 0 aliphatic carbocycles. The summed E-state index contributed by atoms with van der Waals surface area (Å²) >= 11 is 0. The van der Waals surface area contributed by atoms with E-state index in [-0.39, 0.29) is 30.6 Å². The molecular weight excluding hydrogens is 414 g/mol. The minimum atomic E-state index is -4.68. The van der Waals surface area contributed by atoms with Gasteiger partial charge in [-0.2, -0.15) is 0 Å². The Labute approximate surface area is 175 Å². The highest BCUT2D eigenvalue weighted by Crippen LogP contribution is 2.27. The van der Waals surface area contributed by atoms with Gasteiger partial charge in [0.2, 0.25) is 0 Å². The van der Waals surface area contributed by atoms with Crippen molar-refractivity contribution in [2.24, 2.45) is 0 Å². The fourth-order valence-corrected chi connectivity index (χ4v) is 3.06. The zero-order chi connectivity index (χ0) is 18.7. The molecule has 0 bridgehead atoms. The van der Waals surface area contributed by atoms with E-state index in [1.54, 1.807) is 18.3 Å². The average molecular weight is 438 g/mol. The number of ether oxygens (including phenoxy) is 1. The third kappa shape index (κ3) is 6.43. The maximum absolute atomic E-state index is 12.2. The second-order valence-corrected chi connectivity index (χ2v) is 6.59. The van der Waals surface area contributed by atoms with Crippen LogP contribution in [-0.4, -0.2) is 48.5 Å². The summed E-state index contributed by atoms with van der Waals surface area (Å²) in [4.78, 5) is 9.22. The topological polar surface area (TPSA) is 28.6 Å². The molecule has 2 aromatic rings. The van der Waals surface area contributed by atoms with Crippen LogP contribution in [0.4, 0.5) is 19.0 Å². The van der Waals surface area contributed by atoms with Crippen LogP contribution >= 0.6 is 24.8 Å². The Morgan fingerprint density at radius 3 is 1.93 bits per heavy atom. The van der Waals surface area contributed by atoms with Crippen LogP contribution in [0.3, 0.4) is 0 Å². The Kier molecular flexibility index (Phi) is 8.85. The second kappa shape index (κ2) is 10.2. The molecule has 3 rings (SSSR count). The molecule has 0 spiro atoms. The van der Waals surface area contributed by atoms with Gasteiger partial charge >= 0.3 is 6.36 Å². The number of halogens is 5. The average Bonchev–Trinajstić information content (AvgIpc) is 2.61. The summed E-state index contributed by atoms with van der Waals surface area (Å²) in [6, 6.07) is 10.3. The van der Waals surface area contributed by atoms with Crippen LogP contribution in [0.15, 0.2) is 42.6 Å². The Hall–Kier alpha value is -1.70. The van der Waals surface area contributed by atoms with Crippen molar-refractivity contribution < 1.29 is 17.9 Å². The molecule has 1 saturated heterocycles. The van der Waals surface area contributed by atoms with E-state index in [9.17, 15) is 13.2 Å². The number of rotatable bonds is 4. The van der Waals surface area contributed by atoms with Gasteiger partial charge in [-0.15, -0.1) is 38.0 Å². The van der Waals surface area contributed by atoms with Gasteiger partial charge in [-0.05, 0) is 43.7 Å². The number of aromatic nitrogens is 1. The smallest absolute Gasteiger partial charge is 0.406 e. The number of benzene rings is 1. The number of hydrogen-bond donors (Lipinski definition) is 0. The molecule has 156 valence electrons. The number of nitrogens with zero attached hydrogens (tertiary/aromatic N) is 3. The monoisotopic (exact) mass is 437 g/mol. The zero-order valence-corrected chi connectivity index (χ0v) is 17.3. The largest absolute Gasteiger partial charge is 0.573 e. The molecule has 1 aliphatic rings. The molecule has 0 saturated carbocycles.